The van der Waals surface area contributed by atoms with Gasteiger partial charge in [-0.25, -0.2) is 0 Å². The average molecular weight is 321 g/mol. The Balaban J connectivity index is 1.80. The molecule has 1 aliphatic heterocycles. The minimum absolute atomic E-state index is 0.102. The van der Waals surface area contributed by atoms with Crippen molar-refractivity contribution in [3.8, 4) is 5.75 Å². The minimum atomic E-state index is -0.102. The molecule has 4 heteroatoms. The summed E-state index contributed by atoms with van der Waals surface area (Å²) in [5.41, 5.74) is 2.20. The van der Waals surface area contributed by atoms with Crippen molar-refractivity contribution in [3.05, 3.63) is 65.7 Å². The fraction of sp³-hybridized carbons (Fsp3) is 0.200. The lowest BCUT2D eigenvalue weighted by Gasteiger charge is -2.16. The van der Waals surface area contributed by atoms with E-state index in [0.29, 0.717) is 18.5 Å². The van der Waals surface area contributed by atoms with Crippen LogP contribution in [0.1, 0.15) is 28.8 Å². The molecule has 0 radical (unpaired) electrons. The molecule has 1 aliphatic rings. The largest absolute Gasteiger partial charge is 0.496 e. The Morgan fingerprint density at radius 1 is 1.17 bits per heavy atom. The van der Waals surface area contributed by atoms with Gasteiger partial charge in [-0.15, -0.1) is 0 Å². The number of carbonyl (C=O) groups excluding carboxylic acids is 2. The van der Waals surface area contributed by atoms with E-state index < -0.39 is 0 Å². The Morgan fingerprint density at radius 2 is 2.00 bits per heavy atom. The van der Waals surface area contributed by atoms with Gasteiger partial charge in [-0.1, -0.05) is 30.3 Å². The van der Waals surface area contributed by atoms with Crippen molar-refractivity contribution in [2.24, 2.45) is 0 Å². The smallest absolute Gasteiger partial charge is 0.227 e. The molecule has 0 bridgehead atoms. The van der Waals surface area contributed by atoms with Crippen LogP contribution in [0.5, 0.6) is 5.75 Å². The summed E-state index contributed by atoms with van der Waals surface area (Å²) < 4.78 is 5.28. The van der Waals surface area contributed by atoms with E-state index in [1.165, 1.54) is 6.08 Å². The fourth-order valence-electron chi connectivity index (χ4n) is 2.81. The van der Waals surface area contributed by atoms with Crippen LogP contribution in [0.4, 0.5) is 5.69 Å². The van der Waals surface area contributed by atoms with Gasteiger partial charge in [-0.3, -0.25) is 9.59 Å². The van der Waals surface area contributed by atoms with E-state index >= 15 is 0 Å². The molecule has 122 valence electrons. The van der Waals surface area contributed by atoms with E-state index in [-0.39, 0.29) is 11.7 Å². The van der Waals surface area contributed by atoms with Gasteiger partial charge in [0.25, 0.3) is 0 Å². The van der Waals surface area contributed by atoms with Crippen molar-refractivity contribution >= 4 is 23.5 Å². The van der Waals surface area contributed by atoms with E-state index in [9.17, 15) is 9.59 Å². The van der Waals surface area contributed by atoms with Crippen molar-refractivity contribution < 1.29 is 14.3 Å². The second kappa shape index (κ2) is 7.13. The molecule has 3 rings (SSSR count). The summed E-state index contributed by atoms with van der Waals surface area (Å²) in [6, 6.07) is 14.7. The third kappa shape index (κ3) is 3.38. The summed E-state index contributed by atoms with van der Waals surface area (Å²) in [5, 5.41) is 0. The number of nitrogens with zero attached hydrogens (tertiary/aromatic N) is 1. The van der Waals surface area contributed by atoms with Crippen molar-refractivity contribution in [3.63, 3.8) is 0 Å². The van der Waals surface area contributed by atoms with Gasteiger partial charge in [0.1, 0.15) is 5.75 Å². The van der Waals surface area contributed by atoms with E-state index in [2.05, 4.69) is 0 Å². The number of hydrogen-bond donors (Lipinski definition) is 0. The summed E-state index contributed by atoms with van der Waals surface area (Å²) >= 11 is 0. The highest BCUT2D eigenvalue weighted by Crippen LogP contribution is 2.23. The first-order valence-electron chi connectivity index (χ1n) is 7.95. The molecule has 0 unspecified atom stereocenters. The molecule has 0 spiro atoms. The molecule has 4 nitrogen and oxygen atoms in total. The van der Waals surface area contributed by atoms with Crippen molar-refractivity contribution in [1.82, 2.24) is 0 Å². The molecule has 0 atom stereocenters. The molecule has 2 aromatic carbocycles. The average Bonchev–Trinajstić information content (AvgIpc) is 3.06. The van der Waals surface area contributed by atoms with Gasteiger partial charge >= 0.3 is 0 Å². The van der Waals surface area contributed by atoms with Crippen LogP contribution in [-0.4, -0.2) is 25.3 Å². The number of methoxy groups -OCH3 is 1. The van der Waals surface area contributed by atoms with Crippen LogP contribution in [0.15, 0.2) is 54.6 Å². The highest BCUT2D eigenvalue weighted by molar-refractivity contribution is 6.08. The van der Waals surface area contributed by atoms with Crippen LogP contribution in [0.3, 0.4) is 0 Å². The number of hydrogen-bond acceptors (Lipinski definition) is 3. The second-order valence-corrected chi connectivity index (χ2v) is 5.64. The summed E-state index contributed by atoms with van der Waals surface area (Å²) in [5.74, 6) is 0.733. The van der Waals surface area contributed by atoms with E-state index in [1.54, 1.807) is 30.2 Å². The maximum absolute atomic E-state index is 12.4. The van der Waals surface area contributed by atoms with Gasteiger partial charge < -0.3 is 9.64 Å². The van der Waals surface area contributed by atoms with E-state index in [4.69, 9.17) is 4.74 Å². The Kier molecular flexibility index (Phi) is 4.75. The molecule has 2 aromatic rings. The lowest BCUT2D eigenvalue weighted by molar-refractivity contribution is -0.117. The normalized spacial score (nSPS) is 14.4. The predicted molar refractivity (Wildman–Crippen MR) is 94.4 cm³/mol. The molecule has 1 heterocycles. The number of rotatable bonds is 5. The Hall–Kier alpha value is -2.88. The second-order valence-electron chi connectivity index (χ2n) is 5.64. The zero-order chi connectivity index (χ0) is 16.9. The van der Waals surface area contributed by atoms with Crippen molar-refractivity contribution in [2.75, 3.05) is 18.6 Å². The fourth-order valence-corrected chi connectivity index (χ4v) is 2.81. The number of anilines is 1. The molecule has 0 aliphatic carbocycles. The minimum Gasteiger partial charge on any atom is -0.496 e. The number of ketones is 1. The highest BCUT2D eigenvalue weighted by atomic mass is 16.5. The maximum atomic E-state index is 12.4. The van der Waals surface area contributed by atoms with Crippen LogP contribution in [0.2, 0.25) is 0 Å². The number of carbonyl (C=O) groups is 2. The summed E-state index contributed by atoms with van der Waals surface area (Å²) in [7, 11) is 1.60. The van der Waals surface area contributed by atoms with E-state index in [1.807, 2.05) is 36.4 Å². The first kappa shape index (κ1) is 16.0. The van der Waals surface area contributed by atoms with E-state index in [0.717, 1.165) is 23.4 Å². The molecule has 0 aromatic heterocycles. The molecule has 1 fully saturated rings. The standard InChI is InChI=1S/C20H19NO3/c1-24-19-9-3-2-6-15(19)11-12-18(22)16-7-4-8-17(14-16)21-13-5-10-20(21)23/h2-4,6-9,11-12,14H,5,10,13H2,1H3. The van der Waals surface area contributed by atoms with Gasteiger partial charge in [-0.2, -0.15) is 0 Å². The van der Waals surface area contributed by atoms with Gasteiger partial charge in [0.2, 0.25) is 5.91 Å². The van der Waals surface area contributed by atoms with Gasteiger partial charge in [0, 0.05) is 29.8 Å². The first-order chi connectivity index (χ1) is 11.7. The monoisotopic (exact) mass is 321 g/mol. The van der Waals surface area contributed by atoms with Crippen molar-refractivity contribution in [2.45, 2.75) is 12.8 Å². The SMILES string of the molecule is COc1ccccc1C=CC(=O)c1cccc(N2CCCC2=O)c1. The molecule has 0 N–H and O–H groups in total. The molecule has 0 saturated carbocycles. The maximum Gasteiger partial charge on any atom is 0.227 e. The number of amides is 1. The lowest BCUT2D eigenvalue weighted by Crippen LogP contribution is -2.23. The molecular formula is C20H19NO3. The zero-order valence-electron chi connectivity index (χ0n) is 13.6. The Morgan fingerprint density at radius 3 is 2.75 bits per heavy atom. The van der Waals surface area contributed by atoms with Crippen LogP contribution in [0, 0.1) is 0 Å². The number of ether oxygens (including phenoxy) is 1. The third-order valence-corrected chi connectivity index (χ3v) is 4.07. The third-order valence-electron chi connectivity index (χ3n) is 4.07. The summed E-state index contributed by atoms with van der Waals surface area (Å²) in [4.78, 5) is 26.0. The summed E-state index contributed by atoms with van der Waals surface area (Å²) in [6.07, 6.45) is 4.72. The number of para-hydroxylation sites is 1. The summed E-state index contributed by atoms with van der Waals surface area (Å²) in [6.45, 7) is 0.716. The zero-order valence-corrected chi connectivity index (χ0v) is 13.6. The topological polar surface area (TPSA) is 46.6 Å². The first-order valence-corrected chi connectivity index (χ1v) is 7.95. The van der Waals surface area contributed by atoms with Crippen LogP contribution in [0.25, 0.3) is 6.08 Å². The van der Waals surface area contributed by atoms with Crippen LogP contribution in [-0.2, 0) is 4.79 Å². The van der Waals surface area contributed by atoms with Gasteiger partial charge in [0.05, 0.1) is 7.11 Å². The molecule has 1 saturated heterocycles. The number of allylic oxidation sites excluding steroid dienone is 1. The van der Waals surface area contributed by atoms with Gasteiger partial charge in [0.15, 0.2) is 5.78 Å². The quantitative estimate of drug-likeness (QED) is 0.623. The van der Waals surface area contributed by atoms with Crippen LogP contribution >= 0.6 is 0 Å². The van der Waals surface area contributed by atoms with Gasteiger partial charge in [-0.05, 0) is 36.8 Å². The number of benzene rings is 2. The Bertz CT molecular complexity index is 795. The Labute approximate surface area is 141 Å². The van der Waals surface area contributed by atoms with Crippen LogP contribution < -0.4 is 9.64 Å². The highest BCUT2D eigenvalue weighted by Gasteiger charge is 2.22. The molecule has 1 amide bonds. The lowest BCUT2D eigenvalue weighted by atomic mass is 10.1. The molecular weight excluding hydrogens is 302 g/mol. The predicted octanol–water partition coefficient (Wildman–Crippen LogP) is 3.72. The van der Waals surface area contributed by atoms with Crippen molar-refractivity contribution in [1.29, 1.82) is 0 Å². The molecule has 24 heavy (non-hydrogen) atoms.